The number of nitrogens with zero attached hydrogens (tertiary/aromatic N) is 1. The third kappa shape index (κ3) is 8.33. The summed E-state index contributed by atoms with van der Waals surface area (Å²) in [5.41, 5.74) is 4.41. The molecule has 0 fully saturated rings. The zero-order chi connectivity index (χ0) is 27.6. The molecule has 9 heteroatoms. The molecule has 1 N–H and O–H groups in total. The molecule has 1 atom stereocenters. The van der Waals surface area contributed by atoms with Crippen molar-refractivity contribution in [2.75, 3.05) is 0 Å². The molecule has 4 aromatic rings. The van der Waals surface area contributed by atoms with Crippen molar-refractivity contribution in [3.8, 4) is 17.2 Å². The molecule has 0 aliphatic heterocycles. The van der Waals surface area contributed by atoms with Gasteiger partial charge in [0.2, 0.25) is 0 Å². The highest BCUT2D eigenvalue weighted by Crippen LogP contribution is 2.23. The number of benzene rings is 4. The average molecular weight is 563 g/mol. The van der Waals surface area contributed by atoms with E-state index in [4.69, 9.17) is 37.4 Å². The molecular formula is C30H24Cl2N2O5. The van der Waals surface area contributed by atoms with Gasteiger partial charge in [0, 0.05) is 5.02 Å². The SMILES string of the molecule is C[C@H](Oc1ccc(OCc2ccccc2)cc1)C(=O)N/N=C\c1ccc(OC(=O)c2ccc(Cl)cc2Cl)cc1. The highest BCUT2D eigenvalue weighted by atomic mass is 35.5. The standard InChI is InChI=1S/C30H24Cl2N2O5/c1-20(38-25-14-12-24(13-15-25)37-19-22-5-3-2-4-6-22)29(35)34-33-18-21-7-10-26(11-8-21)39-30(36)27-16-9-23(31)17-28(27)32/h2-18,20H,19H2,1H3,(H,34,35)/b33-18-/t20-/m0/s1. The van der Waals surface area contributed by atoms with Crippen molar-refractivity contribution in [2.45, 2.75) is 19.6 Å². The van der Waals surface area contributed by atoms with Crippen LogP contribution < -0.4 is 19.6 Å². The maximum Gasteiger partial charge on any atom is 0.345 e. The van der Waals surface area contributed by atoms with Crippen molar-refractivity contribution in [2.24, 2.45) is 5.10 Å². The van der Waals surface area contributed by atoms with E-state index in [2.05, 4.69) is 10.5 Å². The van der Waals surface area contributed by atoms with Crippen LogP contribution in [0, 0.1) is 0 Å². The van der Waals surface area contributed by atoms with Crippen LogP contribution in [0.2, 0.25) is 10.0 Å². The number of carbonyl (C=O) groups is 2. The minimum atomic E-state index is -0.778. The smallest absolute Gasteiger partial charge is 0.345 e. The first-order valence-corrected chi connectivity index (χ1v) is 12.7. The van der Waals surface area contributed by atoms with Crippen LogP contribution in [0.1, 0.15) is 28.4 Å². The van der Waals surface area contributed by atoms with Gasteiger partial charge in [-0.3, -0.25) is 4.79 Å². The van der Waals surface area contributed by atoms with Gasteiger partial charge in [0.1, 0.15) is 23.9 Å². The monoisotopic (exact) mass is 562 g/mol. The number of amides is 1. The van der Waals surface area contributed by atoms with Gasteiger partial charge in [-0.1, -0.05) is 53.5 Å². The molecule has 39 heavy (non-hydrogen) atoms. The van der Waals surface area contributed by atoms with E-state index in [0.29, 0.717) is 34.4 Å². The van der Waals surface area contributed by atoms with Gasteiger partial charge >= 0.3 is 5.97 Å². The Kier molecular flexibility index (Phi) is 9.56. The van der Waals surface area contributed by atoms with Crippen molar-refractivity contribution in [3.05, 3.63) is 124 Å². The van der Waals surface area contributed by atoms with Crippen LogP contribution >= 0.6 is 23.2 Å². The fourth-order valence-corrected chi connectivity index (χ4v) is 3.80. The number of esters is 1. The summed E-state index contributed by atoms with van der Waals surface area (Å²) in [5.74, 6) is 0.529. The normalized spacial score (nSPS) is 11.6. The largest absolute Gasteiger partial charge is 0.489 e. The summed E-state index contributed by atoms with van der Waals surface area (Å²) in [6.07, 6.45) is 0.685. The molecule has 7 nitrogen and oxygen atoms in total. The summed E-state index contributed by atoms with van der Waals surface area (Å²) in [7, 11) is 0. The van der Waals surface area contributed by atoms with Gasteiger partial charge in [-0.15, -0.1) is 0 Å². The maximum absolute atomic E-state index is 12.4. The van der Waals surface area contributed by atoms with Gasteiger partial charge in [-0.2, -0.15) is 5.10 Å². The van der Waals surface area contributed by atoms with Crippen molar-refractivity contribution < 1.29 is 23.8 Å². The lowest BCUT2D eigenvalue weighted by atomic mass is 10.2. The fraction of sp³-hybridized carbons (Fsp3) is 0.100. The van der Waals surface area contributed by atoms with E-state index in [1.54, 1.807) is 61.5 Å². The van der Waals surface area contributed by atoms with Crippen LogP contribution in [-0.4, -0.2) is 24.2 Å². The molecule has 0 unspecified atom stereocenters. The van der Waals surface area contributed by atoms with Crippen LogP contribution in [0.4, 0.5) is 0 Å². The molecule has 4 aromatic carbocycles. The molecule has 0 saturated carbocycles. The number of hydrazone groups is 1. The van der Waals surface area contributed by atoms with Crippen molar-refractivity contribution >= 4 is 41.3 Å². The maximum atomic E-state index is 12.4. The predicted octanol–water partition coefficient (Wildman–Crippen LogP) is 6.71. The minimum Gasteiger partial charge on any atom is -0.489 e. The molecule has 4 rings (SSSR count). The second kappa shape index (κ2) is 13.5. The lowest BCUT2D eigenvalue weighted by Gasteiger charge is -2.13. The summed E-state index contributed by atoms with van der Waals surface area (Å²) in [6.45, 7) is 2.09. The van der Waals surface area contributed by atoms with Crippen LogP contribution in [0.5, 0.6) is 17.2 Å². The Bertz CT molecular complexity index is 1440. The summed E-state index contributed by atoms with van der Waals surface area (Å²) in [6, 6.07) is 28.0. The third-order valence-electron chi connectivity index (χ3n) is 5.38. The third-order valence-corrected chi connectivity index (χ3v) is 5.93. The lowest BCUT2D eigenvalue weighted by Crippen LogP contribution is -2.33. The quantitative estimate of drug-likeness (QED) is 0.100. The number of hydrogen-bond donors (Lipinski definition) is 1. The molecule has 0 aromatic heterocycles. The van der Waals surface area contributed by atoms with Gasteiger partial charge in [0.05, 0.1) is 16.8 Å². The Morgan fingerprint density at radius 1 is 0.872 bits per heavy atom. The Labute approximate surface area is 235 Å². The average Bonchev–Trinajstić information content (AvgIpc) is 2.94. The van der Waals surface area contributed by atoms with Crippen molar-refractivity contribution in [1.82, 2.24) is 5.43 Å². The second-order valence-corrected chi connectivity index (χ2v) is 9.17. The van der Waals surface area contributed by atoms with Gasteiger partial charge in [-0.25, -0.2) is 10.2 Å². The van der Waals surface area contributed by atoms with E-state index in [-0.39, 0.29) is 10.6 Å². The van der Waals surface area contributed by atoms with Gasteiger partial charge in [-0.05, 0) is 84.8 Å². The van der Waals surface area contributed by atoms with Crippen LogP contribution in [0.3, 0.4) is 0 Å². The Balaban J connectivity index is 1.22. The lowest BCUT2D eigenvalue weighted by molar-refractivity contribution is -0.127. The first kappa shape index (κ1) is 27.7. The molecule has 0 bridgehead atoms. The van der Waals surface area contributed by atoms with Crippen molar-refractivity contribution in [3.63, 3.8) is 0 Å². The highest BCUT2D eigenvalue weighted by Gasteiger charge is 2.15. The molecule has 0 heterocycles. The number of nitrogens with one attached hydrogen (secondary N) is 1. The highest BCUT2D eigenvalue weighted by molar-refractivity contribution is 6.36. The molecule has 0 radical (unpaired) electrons. The Morgan fingerprint density at radius 2 is 1.54 bits per heavy atom. The van der Waals surface area contributed by atoms with Gasteiger partial charge in [0.15, 0.2) is 6.10 Å². The summed E-state index contributed by atoms with van der Waals surface area (Å²) < 4.78 is 16.8. The minimum absolute atomic E-state index is 0.204. The number of ether oxygens (including phenoxy) is 3. The van der Waals surface area contributed by atoms with E-state index in [0.717, 1.165) is 5.56 Å². The first-order valence-electron chi connectivity index (χ1n) is 11.9. The number of rotatable bonds is 10. The number of halogens is 2. The van der Waals surface area contributed by atoms with E-state index in [9.17, 15) is 9.59 Å². The van der Waals surface area contributed by atoms with Crippen molar-refractivity contribution in [1.29, 1.82) is 0 Å². The van der Waals surface area contributed by atoms with E-state index >= 15 is 0 Å². The van der Waals surface area contributed by atoms with E-state index in [1.807, 2.05) is 30.3 Å². The van der Waals surface area contributed by atoms with Crippen LogP contribution in [0.15, 0.2) is 102 Å². The molecule has 0 spiro atoms. The fourth-order valence-electron chi connectivity index (χ4n) is 3.31. The van der Waals surface area contributed by atoms with Gasteiger partial charge < -0.3 is 14.2 Å². The Morgan fingerprint density at radius 3 is 2.23 bits per heavy atom. The summed E-state index contributed by atoms with van der Waals surface area (Å²) in [4.78, 5) is 24.7. The van der Waals surface area contributed by atoms with Crippen LogP contribution in [0.25, 0.3) is 0 Å². The Hall–Kier alpha value is -4.33. The molecule has 198 valence electrons. The zero-order valence-electron chi connectivity index (χ0n) is 20.8. The molecule has 0 aliphatic carbocycles. The van der Waals surface area contributed by atoms with E-state index < -0.39 is 18.0 Å². The predicted molar refractivity (Wildman–Crippen MR) is 151 cm³/mol. The number of hydrogen-bond acceptors (Lipinski definition) is 6. The molecular weight excluding hydrogens is 539 g/mol. The van der Waals surface area contributed by atoms with Gasteiger partial charge in [0.25, 0.3) is 5.91 Å². The molecule has 0 aliphatic rings. The summed E-state index contributed by atoms with van der Waals surface area (Å²) >= 11 is 11.9. The van der Waals surface area contributed by atoms with E-state index in [1.165, 1.54) is 18.3 Å². The second-order valence-electron chi connectivity index (χ2n) is 8.32. The van der Waals surface area contributed by atoms with Crippen LogP contribution in [-0.2, 0) is 11.4 Å². The number of carbonyl (C=O) groups excluding carboxylic acids is 2. The zero-order valence-corrected chi connectivity index (χ0v) is 22.4. The topological polar surface area (TPSA) is 86.2 Å². The first-order chi connectivity index (χ1) is 18.9. The molecule has 1 amide bonds. The molecule has 0 saturated heterocycles. The summed E-state index contributed by atoms with van der Waals surface area (Å²) in [5, 5.41) is 4.59.